The van der Waals surface area contributed by atoms with Gasteiger partial charge in [-0.3, -0.25) is 0 Å². The summed E-state index contributed by atoms with van der Waals surface area (Å²) >= 11 is 3.67. The third-order valence-corrected chi connectivity index (χ3v) is 4.58. The molecule has 0 amide bonds. The van der Waals surface area contributed by atoms with Crippen LogP contribution in [0.4, 0.5) is 0 Å². The van der Waals surface area contributed by atoms with E-state index in [1.165, 1.54) is 14.6 Å². The largest absolute Gasteiger partial charge is 0.313 e. The van der Waals surface area contributed by atoms with E-state index < -0.39 is 0 Å². The monoisotopic (exact) mass is 223 g/mol. The lowest BCUT2D eigenvalue weighted by Crippen LogP contribution is -2.10. The van der Waals surface area contributed by atoms with Crippen molar-refractivity contribution in [2.45, 2.75) is 13.0 Å². The van der Waals surface area contributed by atoms with Crippen molar-refractivity contribution in [3.63, 3.8) is 0 Å². The summed E-state index contributed by atoms with van der Waals surface area (Å²) in [6.45, 7) is 2.18. The van der Waals surface area contributed by atoms with Crippen LogP contribution in [0.1, 0.15) is 17.8 Å². The van der Waals surface area contributed by atoms with Gasteiger partial charge >= 0.3 is 0 Å². The van der Waals surface area contributed by atoms with Crippen LogP contribution in [0.25, 0.3) is 9.75 Å². The zero-order valence-electron chi connectivity index (χ0n) is 8.28. The van der Waals surface area contributed by atoms with Gasteiger partial charge in [0.05, 0.1) is 0 Å². The first-order valence-corrected chi connectivity index (χ1v) is 6.31. The van der Waals surface area contributed by atoms with Crippen molar-refractivity contribution in [2.24, 2.45) is 0 Å². The molecule has 1 nitrogen and oxygen atoms in total. The molecule has 0 spiro atoms. The van der Waals surface area contributed by atoms with E-state index in [0.717, 1.165) is 0 Å². The molecule has 2 rings (SSSR count). The van der Waals surface area contributed by atoms with Gasteiger partial charge < -0.3 is 5.32 Å². The van der Waals surface area contributed by atoms with Crippen LogP contribution in [0.5, 0.6) is 0 Å². The van der Waals surface area contributed by atoms with E-state index in [1.54, 1.807) is 11.3 Å². The first-order chi connectivity index (χ1) is 6.81. The van der Waals surface area contributed by atoms with Crippen LogP contribution < -0.4 is 5.32 Å². The third kappa shape index (κ3) is 1.90. The second-order valence-electron chi connectivity index (χ2n) is 3.19. The van der Waals surface area contributed by atoms with Gasteiger partial charge in [-0.05, 0) is 37.6 Å². The summed E-state index contributed by atoms with van der Waals surface area (Å²) < 4.78 is 0. The molecule has 0 aliphatic carbocycles. The number of rotatable bonds is 3. The van der Waals surface area contributed by atoms with Crippen molar-refractivity contribution >= 4 is 22.7 Å². The predicted octanol–water partition coefficient (Wildman–Crippen LogP) is 3.76. The highest BCUT2D eigenvalue weighted by Gasteiger charge is 2.07. The molecule has 0 aliphatic heterocycles. The summed E-state index contributed by atoms with van der Waals surface area (Å²) in [5, 5.41) is 5.37. The Morgan fingerprint density at radius 2 is 2.07 bits per heavy atom. The minimum absolute atomic E-state index is 0.453. The zero-order valence-corrected chi connectivity index (χ0v) is 9.91. The van der Waals surface area contributed by atoms with Crippen LogP contribution in [0.3, 0.4) is 0 Å². The van der Waals surface area contributed by atoms with Gasteiger partial charge in [0.15, 0.2) is 0 Å². The summed E-state index contributed by atoms with van der Waals surface area (Å²) in [6.07, 6.45) is 0. The van der Waals surface area contributed by atoms with Crippen LogP contribution >= 0.6 is 22.7 Å². The standard InChI is InChI=1S/C11H13NS2/c1-8(12-2)9-5-6-11(14-9)10-4-3-7-13-10/h3-8,12H,1-2H3. The molecule has 2 heterocycles. The van der Waals surface area contributed by atoms with Gasteiger partial charge in [0.25, 0.3) is 0 Å². The molecule has 0 aromatic carbocycles. The predicted molar refractivity (Wildman–Crippen MR) is 65.1 cm³/mol. The number of hydrogen-bond acceptors (Lipinski definition) is 3. The molecule has 74 valence electrons. The highest BCUT2D eigenvalue weighted by Crippen LogP contribution is 2.33. The maximum atomic E-state index is 3.25. The van der Waals surface area contributed by atoms with Gasteiger partial charge in [-0.25, -0.2) is 0 Å². The molecule has 0 fully saturated rings. The normalized spacial score (nSPS) is 13.0. The van der Waals surface area contributed by atoms with Gasteiger partial charge in [0.2, 0.25) is 0 Å². The molecule has 0 radical (unpaired) electrons. The van der Waals surface area contributed by atoms with Crippen molar-refractivity contribution in [3.8, 4) is 9.75 Å². The van der Waals surface area contributed by atoms with E-state index in [1.807, 2.05) is 18.4 Å². The molecule has 14 heavy (non-hydrogen) atoms. The summed E-state index contributed by atoms with van der Waals surface area (Å²) in [5.41, 5.74) is 0. The molecule has 2 aromatic rings. The quantitative estimate of drug-likeness (QED) is 0.835. The van der Waals surface area contributed by atoms with Gasteiger partial charge in [0, 0.05) is 20.7 Å². The van der Waals surface area contributed by atoms with E-state index in [4.69, 9.17) is 0 Å². The third-order valence-electron chi connectivity index (χ3n) is 2.25. The lowest BCUT2D eigenvalue weighted by molar-refractivity contribution is 0.664. The highest BCUT2D eigenvalue weighted by atomic mass is 32.1. The van der Waals surface area contributed by atoms with E-state index in [-0.39, 0.29) is 0 Å². The average molecular weight is 223 g/mol. The summed E-state index contributed by atoms with van der Waals surface area (Å²) in [6, 6.07) is 9.14. The molecule has 0 saturated carbocycles. The number of hydrogen-bond donors (Lipinski definition) is 1. The summed E-state index contributed by atoms with van der Waals surface area (Å²) in [4.78, 5) is 4.14. The smallest absolute Gasteiger partial charge is 0.0446 e. The van der Waals surface area contributed by atoms with Crippen molar-refractivity contribution < 1.29 is 0 Å². The maximum absolute atomic E-state index is 3.25. The molecule has 0 aliphatic rings. The van der Waals surface area contributed by atoms with Crippen LogP contribution in [0, 0.1) is 0 Å². The topological polar surface area (TPSA) is 12.0 Å². The van der Waals surface area contributed by atoms with E-state index in [2.05, 4.69) is 41.9 Å². The Morgan fingerprint density at radius 1 is 1.21 bits per heavy atom. The molecule has 2 aromatic heterocycles. The van der Waals surface area contributed by atoms with Crippen molar-refractivity contribution in [2.75, 3.05) is 7.05 Å². The zero-order chi connectivity index (χ0) is 9.97. The lowest BCUT2D eigenvalue weighted by atomic mass is 10.3. The average Bonchev–Trinajstić information content (AvgIpc) is 2.86. The highest BCUT2D eigenvalue weighted by molar-refractivity contribution is 7.21. The molecular formula is C11H13NS2. The molecule has 1 atom stereocenters. The Labute approximate surface area is 92.4 Å². The van der Waals surface area contributed by atoms with Crippen molar-refractivity contribution in [3.05, 3.63) is 34.5 Å². The summed E-state index contributed by atoms with van der Waals surface area (Å²) in [7, 11) is 2.00. The summed E-state index contributed by atoms with van der Waals surface area (Å²) in [5.74, 6) is 0. The Balaban J connectivity index is 2.26. The van der Waals surface area contributed by atoms with Crippen LogP contribution in [0.15, 0.2) is 29.6 Å². The van der Waals surface area contributed by atoms with Crippen LogP contribution in [0.2, 0.25) is 0 Å². The van der Waals surface area contributed by atoms with Crippen LogP contribution in [-0.2, 0) is 0 Å². The fourth-order valence-electron chi connectivity index (χ4n) is 1.28. The number of thiophene rings is 2. The minimum Gasteiger partial charge on any atom is -0.313 e. The molecule has 0 bridgehead atoms. The van der Waals surface area contributed by atoms with Gasteiger partial charge in [-0.15, -0.1) is 22.7 Å². The molecule has 0 saturated heterocycles. The Bertz CT molecular complexity index is 389. The minimum atomic E-state index is 0.453. The van der Waals surface area contributed by atoms with E-state index >= 15 is 0 Å². The molecule has 1 N–H and O–H groups in total. The maximum Gasteiger partial charge on any atom is 0.0446 e. The SMILES string of the molecule is CNC(C)c1ccc(-c2cccs2)s1. The van der Waals surface area contributed by atoms with E-state index in [0.29, 0.717) is 6.04 Å². The van der Waals surface area contributed by atoms with Gasteiger partial charge in [0.1, 0.15) is 0 Å². The Hall–Kier alpha value is -0.640. The molecular weight excluding hydrogens is 210 g/mol. The molecule has 1 unspecified atom stereocenters. The fraction of sp³-hybridized carbons (Fsp3) is 0.273. The first kappa shape index (κ1) is 9.90. The number of nitrogens with one attached hydrogen (secondary N) is 1. The van der Waals surface area contributed by atoms with Gasteiger partial charge in [-0.2, -0.15) is 0 Å². The second kappa shape index (κ2) is 4.26. The van der Waals surface area contributed by atoms with E-state index in [9.17, 15) is 0 Å². The van der Waals surface area contributed by atoms with Crippen molar-refractivity contribution in [1.29, 1.82) is 0 Å². The lowest BCUT2D eigenvalue weighted by Gasteiger charge is -2.05. The Morgan fingerprint density at radius 3 is 2.71 bits per heavy atom. The first-order valence-electron chi connectivity index (χ1n) is 4.62. The fourth-order valence-corrected chi connectivity index (χ4v) is 3.18. The molecule has 3 heteroatoms. The van der Waals surface area contributed by atoms with Crippen molar-refractivity contribution in [1.82, 2.24) is 5.32 Å². The Kier molecular flexibility index (Phi) is 3.01. The van der Waals surface area contributed by atoms with Gasteiger partial charge in [-0.1, -0.05) is 6.07 Å². The second-order valence-corrected chi connectivity index (χ2v) is 5.25. The van der Waals surface area contributed by atoms with Crippen LogP contribution in [-0.4, -0.2) is 7.05 Å².